The molecule has 0 spiro atoms. The number of hydrazone groups is 1. The van der Waals surface area contributed by atoms with E-state index in [9.17, 15) is 4.79 Å². The Kier molecular flexibility index (Phi) is 6.30. The van der Waals surface area contributed by atoms with Gasteiger partial charge in [-0.3, -0.25) is 10.2 Å². The van der Waals surface area contributed by atoms with Crippen molar-refractivity contribution in [3.8, 4) is 5.69 Å². The zero-order chi connectivity index (χ0) is 23.8. The average molecular weight is 474 g/mol. The zero-order valence-electron chi connectivity index (χ0n) is 20.1. The molecule has 1 fully saturated rings. The van der Waals surface area contributed by atoms with Crippen molar-refractivity contribution in [1.82, 2.24) is 9.58 Å². The molecule has 3 heterocycles. The number of aryl methyl sites for hydroxylation is 2. The van der Waals surface area contributed by atoms with E-state index in [4.69, 9.17) is 5.41 Å². The van der Waals surface area contributed by atoms with Crippen molar-refractivity contribution in [3.05, 3.63) is 58.4 Å². The minimum absolute atomic E-state index is 0.107. The maximum absolute atomic E-state index is 12.9. The predicted molar refractivity (Wildman–Crippen MR) is 141 cm³/mol. The maximum Gasteiger partial charge on any atom is 0.283 e. The summed E-state index contributed by atoms with van der Waals surface area (Å²) in [5.41, 5.74) is 5.62. The van der Waals surface area contributed by atoms with Gasteiger partial charge in [0.2, 0.25) is 5.17 Å². The molecule has 5 rings (SSSR count). The molecule has 6 nitrogen and oxygen atoms in total. The van der Waals surface area contributed by atoms with Crippen molar-refractivity contribution < 1.29 is 4.79 Å². The van der Waals surface area contributed by atoms with Crippen LogP contribution in [0.1, 0.15) is 67.5 Å². The van der Waals surface area contributed by atoms with Crippen molar-refractivity contribution in [1.29, 1.82) is 5.41 Å². The zero-order valence-corrected chi connectivity index (χ0v) is 20.9. The summed E-state index contributed by atoms with van der Waals surface area (Å²) >= 11 is 1.44. The highest BCUT2D eigenvalue weighted by Crippen LogP contribution is 2.33. The lowest BCUT2D eigenvalue weighted by atomic mass is 9.86. The lowest BCUT2D eigenvalue weighted by Crippen LogP contribution is -2.35. The van der Waals surface area contributed by atoms with E-state index in [2.05, 4.69) is 46.7 Å². The van der Waals surface area contributed by atoms with Crippen LogP contribution in [0.3, 0.4) is 0 Å². The lowest BCUT2D eigenvalue weighted by molar-refractivity contribution is -0.114. The summed E-state index contributed by atoms with van der Waals surface area (Å²) in [5, 5.41) is 16.4. The molecule has 0 atom stereocenters. The Morgan fingerprint density at radius 1 is 1.15 bits per heavy atom. The average Bonchev–Trinajstić information content (AvgIpc) is 3.36. The Hall–Kier alpha value is -2.93. The minimum atomic E-state index is -0.367. The molecule has 1 saturated carbocycles. The fraction of sp³-hybridized carbons (Fsp3) is 0.407. The van der Waals surface area contributed by atoms with Crippen molar-refractivity contribution in [3.63, 3.8) is 0 Å². The number of carbonyl (C=O) groups excluding carboxylic acids is 1. The number of rotatable bonds is 5. The fourth-order valence-corrected chi connectivity index (χ4v) is 6.11. The summed E-state index contributed by atoms with van der Waals surface area (Å²) in [6, 6.07) is 10.3. The second kappa shape index (κ2) is 9.37. The quantitative estimate of drug-likeness (QED) is 0.512. The molecule has 3 aliphatic rings. The largest absolute Gasteiger partial charge is 0.318 e. The summed E-state index contributed by atoms with van der Waals surface area (Å²) in [6.07, 6.45) is 10.5. The minimum Gasteiger partial charge on any atom is -0.318 e. The van der Waals surface area contributed by atoms with Crippen LogP contribution < -0.4 is 0 Å². The van der Waals surface area contributed by atoms with Crippen LogP contribution in [0.4, 0.5) is 0 Å². The van der Waals surface area contributed by atoms with Gasteiger partial charge in [0.15, 0.2) is 5.84 Å². The van der Waals surface area contributed by atoms with Crippen LogP contribution in [0.5, 0.6) is 0 Å². The second-order valence-corrected chi connectivity index (χ2v) is 10.5. The fourth-order valence-electron chi connectivity index (χ4n) is 5.21. The van der Waals surface area contributed by atoms with Crippen molar-refractivity contribution >= 4 is 39.8 Å². The highest BCUT2D eigenvalue weighted by atomic mass is 32.2. The number of amides is 1. The number of hydrogen-bond acceptors (Lipinski definition) is 4. The number of hydrogen-bond donors (Lipinski definition) is 1. The van der Waals surface area contributed by atoms with Gasteiger partial charge in [-0.1, -0.05) is 50.3 Å². The van der Waals surface area contributed by atoms with E-state index in [-0.39, 0.29) is 17.3 Å². The van der Waals surface area contributed by atoms with Gasteiger partial charge in [0.25, 0.3) is 5.91 Å². The third-order valence-electron chi connectivity index (χ3n) is 7.11. The van der Waals surface area contributed by atoms with E-state index in [1.165, 1.54) is 54.4 Å². The molecule has 1 N–H and O–H groups in total. The van der Waals surface area contributed by atoms with Crippen LogP contribution in [-0.4, -0.2) is 31.5 Å². The molecule has 2 aliphatic heterocycles. The van der Waals surface area contributed by atoms with Crippen LogP contribution in [0.15, 0.2) is 46.0 Å². The number of benzene rings is 1. The number of aliphatic imine (C=N–C) groups is 1. The topological polar surface area (TPSA) is 73.8 Å². The van der Waals surface area contributed by atoms with E-state index in [0.29, 0.717) is 5.17 Å². The molecule has 176 valence electrons. The number of thioether (sulfide) groups is 1. The van der Waals surface area contributed by atoms with E-state index in [1.807, 2.05) is 19.1 Å². The van der Waals surface area contributed by atoms with Gasteiger partial charge < -0.3 is 4.57 Å². The molecule has 1 aliphatic carbocycles. The van der Waals surface area contributed by atoms with Gasteiger partial charge in [-0.2, -0.15) is 15.1 Å². The molecule has 1 amide bonds. The molecule has 0 unspecified atom stereocenters. The Labute approximate surface area is 205 Å². The van der Waals surface area contributed by atoms with E-state index < -0.39 is 0 Å². The first-order valence-electron chi connectivity index (χ1n) is 12.2. The first-order valence-corrected chi connectivity index (χ1v) is 13.0. The van der Waals surface area contributed by atoms with Gasteiger partial charge >= 0.3 is 0 Å². The van der Waals surface area contributed by atoms with Gasteiger partial charge in [0.1, 0.15) is 5.04 Å². The van der Waals surface area contributed by atoms with E-state index >= 15 is 0 Å². The Balaban J connectivity index is 1.39. The van der Waals surface area contributed by atoms with Crippen LogP contribution in [0, 0.1) is 32.1 Å². The van der Waals surface area contributed by atoms with E-state index in [0.717, 1.165) is 46.4 Å². The second-order valence-electron chi connectivity index (χ2n) is 9.50. The van der Waals surface area contributed by atoms with Gasteiger partial charge in [-0.05, 0) is 80.6 Å². The Morgan fingerprint density at radius 2 is 1.91 bits per heavy atom. The monoisotopic (exact) mass is 473 g/mol. The van der Waals surface area contributed by atoms with Crippen LogP contribution in [0.25, 0.3) is 11.8 Å². The highest BCUT2D eigenvalue weighted by molar-refractivity contribution is 8.26. The number of para-hydroxylation sites is 1. The first-order chi connectivity index (χ1) is 16.4. The molecule has 7 heteroatoms. The number of nitrogens with one attached hydrogen (secondary N) is 1. The maximum atomic E-state index is 12.9. The Morgan fingerprint density at radius 3 is 2.68 bits per heavy atom. The van der Waals surface area contributed by atoms with Gasteiger partial charge in [-0.15, -0.1) is 0 Å². The van der Waals surface area contributed by atoms with E-state index in [1.54, 1.807) is 6.08 Å². The van der Waals surface area contributed by atoms with Crippen LogP contribution in [0.2, 0.25) is 0 Å². The number of fused-ring (bicyclic) bond motifs is 1. The number of amidine groups is 2. The van der Waals surface area contributed by atoms with Crippen LogP contribution >= 0.6 is 11.8 Å². The van der Waals surface area contributed by atoms with Crippen molar-refractivity contribution in [2.24, 2.45) is 16.0 Å². The molecule has 0 bridgehead atoms. The molecular formula is C27H31N5OS. The Bertz CT molecular complexity index is 1250. The number of nitrogens with zero attached hydrogens (tertiary/aromatic N) is 4. The van der Waals surface area contributed by atoms with Gasteiger partial charge in [0.05, 0.1) is 5.57 Å². The predicted octanol–water partition coefficient (Wildman–Crippen LogP) is 6.38. The molecular weight excluding hydrogens is 442 g/mol. The third-order valence-corrected chi connectivity index (χ3v) is 8.08. The van der Waals surface area contributed by atoms with Gasteiger partial charge in [0, 0.05) is 17.1 Å². The molecule has 1 aromatic heterocycles. The normalized spacial score (nSPS) is 20.1. The van der Waals surface area contributed by atoms with Gasteiger partial charge in [-0.25, -0.2) is 0 Å². The third kappa shape index (κ3) is 4.29. The molecule has 0 saturated heterocycles. The highest BCUT2D eigenvalue weighted by Gasteiger charge is 2.35. The summed E-state index contributed by atoms with van der Waals surface area (Å²) in [7, 11) is 0. The van der Waals surface area contributed by atoms with Crippen LogP contribution in [-0.2, 0) is 4.79 Å². The first kappa shape index (κ1) is 22.8. The smallest absolute Gasteiger partial charge is 0.283 e. The van der Waals surface area contributed by atoms with Crippen molar-refractivity contribution in [2.45, 2.75) is 65.7 Å². The summed E-state index contributed by atoms with van der Waals surface area (Å²) < 4.78 is 2.20. The molecule has 34 heavy (non-hydrogen) atoms. The number of carbonyl (C=O) groups is 1. The standard InChI is InChI=1S/C27H31N5OS/c1-17-9-7-8-12-23(17)31-18(2)15-21(19(31)3)16-22-25(28)32-27(29-26(22)33)34-24(30-32)14-13-20-10-5-4-6-11-20/h7-9,12,15-16,20,28H,4-6,10-11,13-14H2,1-3H3/b22-16-,28-25?. The van der Waals surface area contributed by atoms with Crippen molar-refractivity contribution in [2.75, 3.05) is 0 Å². The molecule has 2 aromatic rings. The molecule has 0 radical (unpaired) electrons. The summed E-state index contributed by atoms with van der Waals surface area (Å²) in [4.78, 5) is 17.2. The summed E-state index contributed by atoms with van der Waals surface area (Å²) in [5.74, 6) is 0.515. The molecule has 1 aromatic carbocycles. The lowest BCUT2D eigenvalue weighted by Gasteiger charge is -2.20. The SMILES string of the molecule is Cc1ccccc1-n1c(C)cc(/C=C2/C(=N)N3N=C(CCC4CCCCC4)SC3=NC2=O)c1C. The number of aromatic nitrogens is 1. The summed E-state index contributed by atoms with van der Waals surface area (Å²) in [6.45, 7) is 6.20.